The molecule has 3 aromatic rings. The van der Waals surface area contributed by atoms with E-state index in [0.29, 0.717) is 11.3 Å². The lowest BCUT2D eigenvalue weighted by molar-refractivity contribution is 0.0933. The van der Waals surface area contributed by atoms with Crippen molar-refractivity contribution in [2.24, 2.45) is 0 Å². The zero-order chi connectivity index (χ0) is 18.1. The van der Waals surface area contributed by atoms with Gasteiger partial charge in [0.1, 0.15) is 17.7 Å². The summed E-state index contributed by atoms with van der Waals surface area (Å²) in [6, 6.07) is 12.4. The second kappa shape index (κ2) is 6.53. The van der Waals surface area contributed by atoms with Crippen molar-refractivity contribution in [3.63, 3.8) is 0 Å². The number of benzene rings is 1. The molecular formula is C20H23N5O. The van der Waals surface area contributed by atoms with E-state index < -0.39 is 0 Å². The maximum atomic E-state index is 12.6. The molecule has 6 nitrogen and oxygen atoms in total. The van der Waals surface area contributed by atoms with Gasteiger partial charge >= 0.3 is 0 Å². The molecule has 1 fully saturated rings. The van der Waals surface area contributed by atoms with Crippen molar-refractivity contribution in [3.8, 4) is 0 Å². The summed E-state index contributed by atoms with van der Waals surface area (Å²) in [5, 5.41) is 4.01. The van der Waals surface area contributed by atoms with Crippen LogP contribution in [0.1, 0.15) is 36.3 Å². The Hall–Kier alpha value is -2.73. The van der Waals surface area contributed by atoms with Gasteiger partial charge in [0.25, 0.3) is 5.91 Å². The first-order chi connectivity index (χ1) is 12.5. The summed E-state index contributed by atoms with van der Waals surface area (Å²) < 4.78 is 0. The largest absolute Gasteiger partial charge is 0.347 e. The van der Waals surface area contributed by atoms with Gasteiger partial charge in [-0.25, -0.2) is 9.97 Å². The normalized spacial score (nSPS) is 19.7. The monoisotopic (exact) mass is 349 g/mol. The summed E-state index contributed by atoms with van der Waals surface area (Å²) in [6.45, 7) is 6.21. The van der Waals surface area contributed by atoms with Gasteiger partial charge in [0, 0.05) is 36.3 Å². The Morgan fingerprint density at radius 3 is 2.92 bits per heavy atom. The Labute approximate surface area is 152 Å². The van der Waals surface area contributed by atoms with Crippen LogP contribution in [0.15, 0.2) is 48.9 Å². The first-order valence-electron chi connectivity index (χ1n) is 8.90. The smallest absolute Gasteiger partial charge is 0.268 e. The third kappa shape index (κ3) is 3.32. The average Bonchev–Trinajstić information content (AvgIpc) is 3.17. The Morgan fingerprint density at radius 1 is 1.35 bits per heavy atom. The maximum Gasteiger partial charge on any atom is 0.268 e. The minimum atomic E-state index is -0.0923. The van der Waals surface area contributed by atoms with Gasteiger partial charge in [-0.15, -0.1) is 0 Å². The average molecular weight is 349 g/mol. The standard InChI is InChI=1S/C20H23N5O/c1-20(2)9-16(12-25(20)11-14-6-4-3-5-7-14)23-19(26)17-8-15-10-21-13-22-18(15)24-17/h3-8,10,13,16H,9,11-12H2,1-2H3,(H,23,26)(H,21,22,24). The molecule has 1 aliphatic rings. The molecule has 1 amide bonds. The lowest BCUT2D eigenvalue weighted by atomic mass is 9.99. The lowest BCUT2D eigenvalue weighted by Crippen LogP contribution is -2.38. The van der Waals surface area contributed by atoms with Gasteiger partial charge in [-0.2, -0.15) is 0 Å². The number of H-pyrrole nitrogens is 1. The molecule has 134 valence electrons. The fourth-order valence-electron chi connectivity index (χ4n) is 3.74. The molecule has 1 saturated heterocycles. The molecule has 0 radical (unpaired) electrons. The van der Waals surface area contributed by atoms with Gasteiger partial charge in [0.2, 0.25) is 0 Å². The molecule has 1 atom stereocenters. The third-order valence-corrected chi connectivity index (χ3v) is 5.13. The van der Waals surface area contributed by atoms with E-state index in [0.717, 1.165) is 24.9 Å². The molecule has 3 heterocycles. The number of fused-ring (bicyclic) bond motifs is 1. The summed E-state index contributed by atoms with van der Waals surface area (Å²) in [7, 11) is 0. The highest BCUT2D eigenvalue weighted by Crippen LogP contribution is 2.30. The third-order valence-electron chi connectivity index (χ3n) is 5.13. The molecule has 1 unspecified atom stereocenters. The minimum Gasteiger partial charge on any atom is -0.347 e. The second-order valence-corrected chi connectivity index (χ2v) is 7.56. The number of nitrogens with one attached hydrogen (secondary N) is 2. The minimum absolute atomic E-state index is 0.0414. The predicted molar refractivity (Wildman–Crippen MR) is 101 cm³/mol. The summed E-state index contributed by atoms with van der Waals surface area (Å²) in [6.07, 6.45) is 4.10. The van der Waals surface area contributed by atoms with E-state index in [1.165, 1.54) is 11.9 Å². The highest BCUT2D eigenvalue weighted by Gasteiger charge is 2.38. The van der Waals surface area contributed by atoms with Gasteiger partial charge in [-0.3, -0.25) is 9.69 Å². The maximum absolute atomic E-state index is 12.6. The van der Waals surface area contributed by atoms with Crippen LogP contribution in [0.5, 0.6) is 0 Å². The second-order valence-electron chi connectivity index (χ2n) is 7.56. The number of carbonyl (C=O) groups is 1. The molecule has 2 N–H and O–H groups in total. The van der Waals surface area contributed by atoms with Gasteiger partial charge in [-0.1, -0.05) is 30.3 Å². The van der Waals surface area contributed by atoms with E-state index >= 15 is 0 Å². The Bertz CT molecular complexity index is 885. The number of carbonyl (C=O) groups excluding carboxylic acids is 1. The molecule has 26 heavy (non-hydrogen) atoms. The topological polar surface area (TPSA) is 73.9 Å². The van der Waals surface area contributed by atoms with Crippen molar-refractivity contribution in [3.05, 3.63) is 60.2 Å². The number of rotatable bonds is 4. The molecule has 0 spiro atoms. The van der Waals surface area contributed by atoms with E-state index in [9.17, 15) is 4.79 Å². The number of aromatic amines is 1. The summed E-state index contributed by atoms with van der Waals surface area (Å²) in [4.78, 5) is 26.3. The molecule has 0 aliphatic carbocycles. The van der Waals surface area contributed by atoms with Crippen LogP contribution >= 0.6 is 0 Å². The van der Waals surface area contributed by atoms with E-state index in [4.69, 9.17) is 0 Å². The van der Waals surface area contributed by atoms with E-state index in [1.54, 1.807) is 12.3 Å². The fourth-order valence-corrected chi connectivity index (χ4v) is 3.74. The van der Waals surface area contributed by atoms with E-state index in [2.05, 4.69) is 63.3 Å². The number of aromatic nitrogens is 3. The predicted octanol–water partition coefficient (Wildman–Crippen LogP) is 2.74. The Morgan fingerprint density at radius 2 is 2.15 bits per heavy atom. The van der Waals surface area contributed by atoms with Crippen LogP contribution in [0, 0.1) is 0 Å². The molecule has 1 aromatic carbocycles. The molecule has 4 rings (SSSR count). The summed E-state index contributed by atoms with van der Waals surface area (Å²) in [5.74, 6) is -0.0923. The first-order valence-corrected chi connectivity index (χ1v) is 8.90. The lowest BCUT2D eigenvalue weighted by Gasteiger charge is -2.31. The van der Waals surface area contributed by atoms with Crippen molar-refractivity contribution >= 4 is 16.9 Å². The van der Waals surface area contributed by atoms with Crippen molar-refractivity contribution in [2.75, 3.05) is 6.54 Å². The Balaban J connectivity index is 1.44. The number of hydrogen-bond donors (Lipinski definition) is 2. The van der Waals surface area contributed by atoms with Crippen LogP contribution in [0.2, 0.25) is 0 Å². The van der Waals surface area contributed by atoms with Crippen molar-refractivity contribution < 1.29 is 4.79 Å². The van der Waals surface area contributed by atoms with Crippen molar-refractivity contribution in [1.29, 1.82) is 0 Å². The quantitative estimate of drug-likeness (QED) is 0.759. The van der Waals surface area contributed by atoms with E-state index in [1.807, 2.05) is 6.07 Å². The highest BCUT2D eigenvalue weighted by molar-refractivity contribution is 5.97. The van der Waals surface area contributed by atoms with Crippen LogP contribution in [-0.2, 0) is 6.54 Å². The molecule has 2 aromatic heterocycles. The molecule has 6 heteroatoms. The van der Waals surface area contributed by atoms with Crippen LogP contribution in [0.25, 0.3) is 11.0 Å². The van der Waals surface area contributed by atoms with Crippen molar-refractivity contribution in [1.82, 2.24) is 25.2 Å². The first kappa shape index (κ1) is 16.7. The summed E-state index contributed by atoms with van der Waals surface area (Å²) >= 11 is 0. The number of likely N-dealkylation sites (tertiary alicyclic amines) is 1. The highest BCUT2D eigenvalue weighted by atomic mass is 16.2. The van der Waals surface area contributed by atoms with Crippen LogP contribution < -0.4 is 5.32 Å². The molecular weight excluding hydrogens is 326 g/mol. The van der Waals surface area contributed by atoms with Crippen LogP contribution in [0.4, 0.5) is 0 Å². The summed E-state index contributed by atoms with van der Waals surface area (Å²) in [5.41, 5.74) is 2.55. The zero-order valence-corrected chi connectivity index (χ0v) is 15.1. The van der Waals surface area contributed by atoms with Gasteiger partial charge in [0.05, 0.1) is 0 Å². The number of amides is 1. The SMILES string of the molecule is CC1(C)CC(NC(=O)c2cc3cncnc3[nH]2)CN1Cc1ccccc1. The zero-order valence-electron chi connectivity index (χ0n) is 15.1. The van der Waals surface area contributed by atoms with Gasteiger partial charge in [-0.05, 0) is 31.9 Å². The van der Waals surface area contributed by atoms with Crippen LogP contribution in [0.3, 0.4) is 0 Å². The Kier molecular flexibility index (Phi) is 4.20. The fraction of sp³-hybridized carbons (Fsp3) is 0.350. The number of hydrogen-bond acceptors (Lipinski definition) is 4. The van der Waals surface area contributed by atoms with Crippen molar-refractivity contribution in [2.45, 2.75) is 38.4 Å². The van der Waals surface area contributed by atoms with Crippen LogP contribution in [-0.4, -0.2) is 43.9 Å². The van der Waals surface area contributed by atoms with Gasteiger partial charge < -0.3 is 10.3 Å². The molecule has 0 bridgehead atoms. The van der Waals surface area contributed by atoms with Gasteiger partial charge in [0.15, 0.2) is 0 Å². The number of nitrogens with zero attached hydrogens (tertiary/aromatic N) is 3. The molecule has 1 aliphatic heterocycles. The molecule has 0 saturated carbocycles. The van der Waals surface area contributed by atoms with E-state index in [-0.39, 0.29) is 17.5 Å².